The molecule has 9 heavy (non-hydrogen) atoms. The Morgan fingerprint density at radius 3 is 2.67 bits per heavy atom. The van der Waals surface area contributed by atoms with Gasteiger partial charge in [-0.05, 0) is 0 Å². The quantitative estimate of drug-likeness (QED) is 0.570. The minimum atomic E-state index is -0.958. The van der Waals surface area contributed by atoms with E-state index in [-0.39, 0.29) is 23.9 Å². The Hall–Kier alpha value is -0.303. The third-order valence-corrected chi connectivity index (χ3v) is 1.38. The molecular weight excluding hydrogens is 133 g/mol. The van der Waals surface area contributed by atoms with Gasteiger partial charge in [0.05, 0.1) is 0 Å². The van der Waals surface area contributed by atoms with Crippen molar-refractivity contribution in [2.45, 2.75) is 0 Å². The molecule has 3 nitrogen and oxygen atoms in total. The molecule has 0 aliphatic carbocycles. The molecule has 0 fully saturated rings. The second-order valence-corrected chi connectivity index (χ2v) is 2.04. The molecule has 0 saturated heterocycles. The molecule has 0 aliphatic rings. The van der Waals surface area contributed by atoms with Gasteiger partial charge in [0, 0.05) is 30.4 Å². The van der Waals surface area contributed by atoms with Gasteiger partial charge in [0.15, 0.2) is 0 Å². The zero-order chi connectivity index (χ0) is 5.98. The Morgan fingerprint density at radius 1 is 1.78 bits per heavy atom. The van der Waals surface area contributed by atoms with Crippen LogP contribution in [0.15, 0.2) is 11.6 Å². The summed E-state index contributed by atoms with van der Waals surface area (Å²) in [4.78, 5) is 13.5. The van der Waals surface area contributed by atoms with Crippen molar-refractivity contribution in [3.8, 4) is 0 Å². The summed E-state index contributed by atoms with van der Waals surface area (Å²) in [5, 5.41) is 9.99. The molecule has 0 unspecified atom stereocenters. The second kappa shape index (κ2) is 3.67. The fourth-order valence-corrected chi connectivity index (χ4v) is 0.802. The van der Waals surface area contributed by atoms with E-state index in [1.807, 2.05) is 0 Å². The number of carboxylic acid groups (broad SMARTS) is 1. The zero-order valence-corrected chi connectivity index (χ0v) is 5.68. The Labute approximate surface area is 67.9 Å². The molecule has 0 amide bonds. The van der Waals surface area contributed by atoms with Crippen LogP contribution in [-0.2, 0) is 0 Å². The maximum Gasteiger partial charge on any atom is 0.364 e. The number of rotatable bonds is 1. The third-order valence-electron chi connectivity index (χ3n) is 0.615. The normalized spacial score (nSPS) is 8.00. The molecule has 1 aromatic rings. The molecule has 1 radical (unpaired) electrons. The first-order valence-electron chi connectivity index (χ1n) is 1.93. The van der Waals surface area contributed by atoms with Crippen LogP contribution in [0.5, 0.6) is 0 Å². The van der Waals surface area contributed by atoms with Gasteiger partial charge in [-0.2, -0.15) is 0 Å². The van der Waals surface area contributed by atoms with Gasteiger partial charge in [-0.15, -0.1) is 11.3 Å². The maximum absolute atomic E-state index is 10.0. The summed E-state index contributed by atoms with van der Waals surface area (Å²) in [6.45, 7) is 0. The standard InChI is InChI=1S/C4H3NO2S.Li/c6-4(7)3-5-1-2-8-3;/h1-2H,(H,6,7);. The Balaban J connectivity index is 0.000000640. The average molecular weight is 136 g/mol. The first kappa shape index (κ1) is 8.70. The minimum Gasteiger partial charge on any atom is -0.476 e. The molecule has 1 N–H and O–H groups in total. The van der Waals surface area contributed by atoms with Crippen molar-refractivity contribution in [2.24, 2.45) is 0 Å². The van der Waals surface area contributed by atoms with Gasteiger partial charge in [0.25, 0.3) is 0 Å². The van der Waals surface area contributed by atoms with E-state index in [1.54, 1.807) is 5.38 Å². The number of aromatic carboxylic acids is 1. The van der Waals surface area contributed by atoms with Crippen LogP contribution in [-0.4, -0.2) is 34.9 Å². The van der Waals surface area contributed by atoms with Crippen LogP contribution >= 0.6 is 11.3 Å². The zero-order valence-electron chi connectivity index (χ0n) is 4.87. The topological polar surface area (TPSA) is 50.2 Å². The molecule has 1 aromatic heterocycles. The summed E-state index contributed by atoms with van der Waals surface area (Å²) in [5.41, 5.74) is 0. The van der Waals surface area contributed by atoms with Crippen molar-refractivity contribution < 1.29 is 9.90 Å². The molecule has 0 atom stereocenters. The average Bonchev–Trinajstić information content (AvgIpc) is 2.12. The van der Waals surface area contributed by atoms with Crippen molar-refractivity contribution in [2.75, 3.05) is 0 Å². The number of carboxylic acids is 1. The number of aromatic nitrogens is 1. The number of thiazole rings is 1. The fraction of sp³-hybridized carbons (Fsp3) is 0. The summed E-state index contributed by atoms with van der Waals surface area (Å²) >= 11 is 1.12. The fourth-order valence-electron chi connectivity index (χ4n) is 0.329. The van der Waals surface area contributed by atoms with E-state index in [4.69, 9.17) is 5.11 Å². The summed E-state index contributed by atoms with van der Waals surface area (Å²) < 4.78 is 0. The Kier molecular flexibility index (Phi) is 3.55. The SMILES string of the molecule is O=C(O)c1nccs1.[Li]. The number of hydrogen-bond donors (Lipinski definition) is 1. The first-order chi connectivity index (χ1) is 3.80. The van der Waals surface area contributed by atoms with Crippen molar-refractivity contribution in [1.82, 2.24) is 4.98 Å². The van der Waals surface area contributed by atoms with Crippen LogP contribution in [0, 0.1) is 0 Å². The Morgan fingerprint density at radius 2 is 2.44 bits per heavy atom. The van der Waals surface area contributed by atoms with Gasteiger partial charge in [0.2, 0.25) is 5.01 Å². The second-order valence-electron chi connectivity index (χ2n) is 1.14. The molecular formula is C4H3LiNO2S. The monoisotopic (exact) mass is 136 g/mol. The van der Waals surface area contributed by atoms with Gasteiger partial charge in [0.1, 0.15) is 0 Å². The smallest absolute Gasteiger partial charge is 0.364 e. The van der Waals surface area contributed by atoms with E-state index in [9.17, 15) is 4.79 Å². The van der Waals surface area contributed by atoms with E-state index >= 15 is 0 Å². The van der Waals surface area contributed by atoms with E-state index in [0.29, 0.717) is 0 Å². The minimum absolute atomic E-state index is 0. The molecule has 1 rings (SSSR count). The third kappa shape index (κ3) is 2.18. The number of carbonyl (C=O) groups is 1. The Bertz CT molecular complexity index is 186. The molecule has 1 heterocycles. The largest absolute Gasteiger partial charge is 0.476 e. The summed E-state index contributed by atoms with van der Waals surface area (Å²) in [7, 11) is 0. The maximum atomic E-state index is 10.0. The molecule has 0 aliphatic heterocycles. The molecule has 0 bridgehead atoms. The number of nitrogens with zero attached hydrogens (tertiary/aromatic N) is 1. The van der Waals surface area contributed by atoms with E-state index < -0.39 is 5.97 Å². The van der Waals surface area contributed by atoms with Crippen LogP contribution in [0.25, 0.3) is 0 Å². The van der Waals surface area contributed by atoms with Gasteiger partial charge in [-0.25, -0.2) is 9.78 Å². The first-order valence-corrected chi connectivity index (χ1v) is 2.81. The van der Waals surface area contributed by atoms with E-state index in [2.05, 4.69) is 4.98 Å². The molecule has 5 heteroatoms. The predicted octanol–water partition coefficient (Wildman–Crippen LogP) is 0.460. The summed E-state index contributed by atoms with van der Waals surface area (Å²) in [6.07, 6.45) is 1.47. The summed E-state index contributed by atoms with van der Waals surface area (Å²) in [5.74, 6) is -0.958. The van der Waals surface area contributed by atoms with Gasteiger partial charge < -0.3 is 5.11 Å². The molecule has 43 valence electrons. The van der Waals surface area contributed by atoms with Gasteiger partial charge in [-0.3, -0.25) is 0 Å². The summed E-state index contributed by atoms with van der Waals surface area (Å²) in [6, 6.07) is 0. The van der Waals surface area contributed by atoms with Crippen LogP contribution < -0.4 is 0 Å². The molecule has 0 spiro atoms. The van der Waals surface area contributed by atoms with Crippen molar-refractivity contribution in [1.29, 1.82) is 0 Å². The van der Waals surface area contributed by atoms with E-state index in [1.165, 1.54) is 6.20 Å². The van der Waals surface area contributed by atoms with Crippen molar-refractivity contribution >= 4 is 36.2 Å². The van der Waals surface area contributed by atoms with E-state index in [0.717, 1.165) is 11.3 Å². The van der Waals surface area contributed by atoms with Crippen molar-refractivity contribution in [3.05, 3.63) is 16.6 Å². The van der Waals surface area contributed by atoms with Gasteiger partial charge >= 0.3 is 5.97 Å². The molecule has 0 saturated carbocycles. The van der Waals surface area contributed by atoms with Crippen LogP contribution in [0.4, 0.5) is 0 Å². The van der Waals surface area contributed by atoms with Crippen molar-refractivity contribution in [3.63, 3.8) is 0 Å². The molecule has 0 aromatic carbocycles. The van der Waals surface area contributed by atoms with Gasteiger partial charge in [-0.1, -0.05) is 0 Å². The predicted molar refractivity (Wildman–Crippen MR) is 34.8 cm³/mol. The van der Waals surface area contributed by atoms with Crippen LogP contribution in [0.1, 0.15) is 9.80 Å². The van der Waals surface area contributed by atoms with Crippen LogP contribution in [0.2, 0.25) is 0 Å². The number of hydrogen-bond acceptors (Lipinski definition) is 3. The van der Waals surface area contributed by atoms with Crippen LogP contribution in [0.3, 0.4) is 0 Å².